The number of benzene rings is 2. The van der Waals surface area contributed by atoms with E-state index in [1.54, 1.807) is 36.4 Å². The van der Waals surface area contributed by atoms with Gasteiger partial charge in [0.05, 0.1) is 6.54 Å². The monoisotopic (exact) mass is 664 g/mol. The quantitative estimate of drug-likeness (QED) is 0.217. The van der Waals surface area contributed by atoms with Crippen molar-refractivity contribution in [3.63, 3.8) is 0 Å². The zero-order valence-electron chi connectivity index (χ0n) is 28.2. The molecule has 13 heteroatoms. The highest BCUT2D eigenvalue weighted by Gasteiger charge is 2.33. The predicted octanol–water partition coefficient (Wildman–Crippen LogP) is 0.843. The Labute approximate surface area is 281 Å². The average molecular weight is 665 g/mol. The summed E-state index contributed by atoms with van der Waals surface area (Å²) in [5.74, 6) is -3.77. The molecule has 1 saturated heterocycles. The number of aromatic hydroxyl groups is 1. The van der Waals surface area contributed by atoms with Crippen LogP contribution in [0.25, 0.3) is 0 Å². The highest BCUT2D eigenvalue weighted by molar-refractivity contribution is 5.97. The fourth-order valence-corrected chi connectivity index (χ4v) is 5.30. The minimum absolute atomic E-state index is 0.0194. The molecule has 0 unspecified atom stereocenters. The van der Waals surface area contributed by atoms with E-state index < -0.39 is 72.2 Å². The highest BCUT2D eigenvalue weighted by atomic mass is 16.3. The molecule has 1 heterocycles. The van der Waals surface area contributed by atoms with Crippen molar-refractivity contribution in [2.75, 3.05) is 6.54 Å². The number of phenolic OH excluding ortho intramolecular Hbond substituents is 1. The van der Waals surface area contributed by atoms with Gasteiger partial charge in [0.2, 0.25) is 35.4 Å². The predicted molar refractivity (Wildman–Crippen MR) is 179 cm³/mol. The van der Waals surface area contributed by atoms with Crippen molar-refractivity contribution >= 4 is 35.4 Å². The van der Waals surface area contributed by atoms with Gasteiger partial charge in [-0.1, -0.05) is 70.2 Å². The van der Waals surface area contributed by atoms with Crippen LogP contribution in [-0.4, -0.2) is 77.3 Å². The van der Waals surface area contributed by atoms with Gasteiger partial charge in [0.25, 0.3) is 0 Å². The number of rotatable bonds is 8. The molecule has 0 aliphatic carbocycles. The third kappa shape index (κ3) is 12.0. The van der Waals surface area contributed by atoms with Crippen LogP contribution < -0.4 is 31.9 Å². The molecule has 5 atom stereocenters. The van der Waals surface area contributed by atoms with E-state index in [0.717, 1.165) is 5.56 Å². The maximum Gasteiger partial charge on any atom is 0.243 e. The fraction of sp³-hybridized carbons (Fsp3) is 0.486. The van der Waals surface area contributed by atoms with Crippen molar-refractivity contribution in [1.29, 1.82) is 0 Å². The minimum Gasteiger partial charge on any atom is -0.508 e. The van der Waals surface area contributed by atoms with Crippen molar-refractivity contribution in [2.45, 2.75) is 90.5 Å². The number of phenols is 1. The first-order chi connectivity index (χ1) is 22.7. The van der Waals surface area contributed by atoms with Crippen LogP contribution in [0.4, 0.5) is 0 Å². The first kappa shape index (κ1) is 37.5. The summed E-state index contributed by atoms with van der Waals surface area (Å²) in [6.45, 7) is 8.51. The second-order valence-corrected chi connectivity index (χ2v) is 13.1. The molecule has 1 aliphatic rings. The number of nitrogens with one attached hydrogen (secondary N) is 6. The summed E-state index contributed by atoms with van der Waals surface area (Å²) in [7, 11) is 0. The Balaban J connectivity index is 1.98. The van der Waals surface area contributed by atoms with Crippen LogP contribution >= 0.6 is 0 Å². The number of hydrogen-bond donors (Lipinski definition) is 7. The van der Waals surface area contributed by atoms with E-state index in [-0.39, 0.29) is 43.3 Å². The summed E-state index contributed by atoms with van der Waals surface area (Å²) in [5, 5.41) is 25.8. The molecule has 0 bridgehead atoms. The van der Waals surface area contributed by atoms with Gasteiger partial charge >= 0.3 is 0 Å². The van der Waals surface area contributed by atoms with Crippen LogP contribution in [0.2, 0.25) is 0 Å². The van der Waals surface area contributed by atoms with Crippen LogP contribution in [0, 0.1) is 11.8 Å². The number of carbonyl (C=O) groups excluding carboxylic acids is 6. The standard InChI is InChI=1S/C35H48N6O7/c1-20(2)15-26-33(46)39-27(16-21(3)4)34(47)41-29(18-24-11-13-25(42)14-12-24)32(45)37-22(5)31(44)36-19-30(43)38-28(35(48)40-26)17-23-9-7-6-8-10-23/h6-14,20-22,26-29,42H,15-19H2,1-5H3,(H,36,44)(H,37,45)(H,38,43)(H,39,46)(H,40,48)(H,41,47)/t22-,26-,27+,28+,29+/m1/s1. The maximum absolute atomic E-state index is 13.8. The molecular weight excluding hydrogens is 616 g/mol. The smallest absolute Gasteiger partial charge is 0.243 e. The first-order valence-electron chi connectivity index (χ1n) is 16.3. The lowest BCUT2D eigenvalue weighted by molar-refractivity contribution is -0.136. The van der Waals surface area contributed by atoms with Crippen LogP contribution in [0.3, 0.4) is 0 Å². The van der Waals surface area contributed by atoms with E-state index in [9.17, 15) is 33.9 Å². The molecule has 0 aromatic heterocycles. The zero-order valence-corrected chi connectivity index (χ0v) is 28.2. The number of amides is 6. The molecule has 0 spiro atoms. The third-order valence-corrected chi connectivity index (χ3v) is 7.80. The van der Waals surface area contributed by atoms with Gasteiger partial charge in [-0.05, 0) is 54.9 Å². The van der Waals surface area contributed by atoms with E-state index in [1.807, 2.05) is 33.8 Å². The molecule has 2 aromatic rings. The van der Waals surface area contributed by atoms with Gasteiger partial charge in [0.15, 0.2) is 0 Å². The normalized spacial score (nSPS) is 23.6. The molecule has 260 valence electrons. The highest BCUT2D eigenvalue weighted by Crippen LogP contribution is 2.14. The minimum atomic E-state index is -1.16. The Hall–Kier alpha value is -4.94. The van der Waals surface area contributed by atoms with Gasteiger partial charge in [-0.2, -0.15) is 0 Å². The molecule has 6 amide bonds. The second kappa shape index (κ2) is 17.8. The molecule has 1 fully saturated rings. The van der Waals surface area contributed by atoms with Gasteiger partial charge in [-0.15, -0.1) is 0 Å². The summed E-state index contributed by atoms with van der Waals surface area (Å²) < 4.78 is 0. The molecule has 48 heavy (non-hydrogen) atoms. The molecule has 2 aromatic carbocycles. The van der Waals surface area contributed by atoms with Gasteiger partial charge in [-0.25, -0.2) is 0 Å². The van der Waals surface area contributed by atoms with Crippen LogP contribution in [0.15, 0.2) is 54.6 Å². The van der Waals surface area contributed by atoms with Gasteiger partial charge in [0.1, 0.15) is 36.0 Å². The zero-order chi connectivity index (χ0) is 35.4. The van der Waals surface area contributed by atoms with Crippen molar-refractivity contribution in [1.82, 2.24) is 31.9 Å². The van der Waals surface area contributed by atoms with Crippen molar-refractivity contribution in [2.24, 2.45) is 11.8 Å². The SMILES string of the molecule is CC(C)C[C@@H]1NC(=O)[C@@H](CC(C)C)NC(=O)[C@H](Cc2ccccc2)NC(=O)CNC(=O)[C@@H](C)NC(=O)[C@H](Cc2ccc(O)cc2)NC1=O. The van der Waals surface area contributed by atoms with E-state index in [1.165, 1.54) is 19.1 Å². The largest absolute Gasteiger partial charge is 0.508 e. The lowest BCUT2D eigenvalue weighted by Crippen LogP contribution is -2.60. The topological polar surface area (TPSA) is 195 Å². The molecule has 7 N–H and O–H groups in total. The second-order valence-electron chi connectivity index (χ2n) is 13.1. The Morgan fingerprint density at radius 1 is 0.583 bits per heavy atom. The van der Waals surface area contributed by atoms with Crippen LogP contribution in [0.1, 0.15) is 58.6 Å². The van der Waals surface area contributed by atoms with Gasteiger partial charge in [-0.3, -0.25) is 28.8 Å². The van der Waals surface area contributed by atoms with Crippen molar-refractivity contribution in [3.05, 3.63) is 65.7 Å². The number of carbonyl (C=O) groups is 6. The Morgan fingerprint density at radius 3 is 1.54 bits per heavy atom. The van der Waals surface area contributed by atoms with E-state index in [4.69, 9.17) is 0 Å². The van der Waals surface area contributed by atoms with Crippen LogP contribution in [-0.2, 0) is 41.6 Å². The van der Waals surface area contributed by atoms with Gasteiger partial charge in [0, 0.05) is 12.8 Å². The molecule has 13 nitrogen and oxygen atoms in total. The summed E-state index contributed by atoms with van der Waals surface area (Å²) in [6, 6.07) is 9.73. The van der Waals surface area contributed by atoms with Crippen molar-refractivity contribution in [3.8, 4) is 5.75 Å². The van der Waals surface area contributed by atoms with Crippen molar-refractivity contribution < 1.29 is 33.9 Å². The van der Waals surface area contributed by atoms with E-state index >= 15 is 0 Å². The van der Waals surface area contributed by atoms with E-state index in [0.29, 0.717) is 5.56 Å². The third-order valence-electron chi connectivity index (χ3n) is 7.80. The Morgan fingerprint density at radius 2 is 1.02 bits per heavy atom. The molecule has 0 radical (unpaired) electrons. The lowest BCUT2D eigenvalue weighted by Gasteiger charge is -2.28. The Bertz CT molecular complexity index is 1430. The number of hydrogen-bond acceptors (Lipinski definition) is 7. The van der Waals surface area contributed by atoms with Gasteiger partial charge < -0.3 is 37.0 Å². The summed E-state index contributed by atoms with van der Waals surface area (Å²) >= 11 is 0. The summed E-state index contributed by atoms with van der Waals surface area (Å²) in [4.78, 5) is 80.6. The summed E-state index contributed by atoms with van der Waals surface area (Å²) in [5.41, 5.74) is 1.39. The maximum atomic E-state index is 13.8. The molecule has 1 aliphatic heterocycles. The molecule has 0 saturated carbocycles. The molecule has 3 rings (SSSR count). The Kier molecular flexibility index (Phi) is 13.9. The molecular formula is C35H48N6O7. The fourth-order valence-electron chi connectivity index (χ4n) is 5.30. The first-order valence-corrected chi connectivity index (χ1v) is 16.3. The summed E-state index contributed by atoms with van der Waals surface area (Å²) in [6.07, 6.45) is 0.625. The average Bonchev–Trinajstić information content (AvgIpc) is 3.02. The lowest BCUT2D eigenvalue weighted by atomic mass is 9.98. The van der Waals surface area contributed by atoms with E-state index in [2.05, 4.69) is 31.9 Å². The van der Waals surface area contributed by atoms with Crippen LogP contribution in [0.5, 0.6) is 5.75 Å².